The summed E-state index contributed by atoms with van der Waals surface area (Å²) in [6.07, 6.45) is -0.297. The number of nitrogens with one attached hydrogen (secondary N) is 1. The second kappa shape index (κ2) is 5.27. The maximum absolute atomic E-state index is 11.6. The van der Waals surface area contributed by atoms with Crippen LogP contribution < -0.4 is 19.3 Å². The molecule has 0 aliphatic carbocycles. The van der Waals surface area contributed by atoms with Crippen LogP contribution >= 0.6 is 7.60 Å². The van der Waals surface area contributed by atoms with Crippen molar-refractivity contribution < 1.29 is 23.5 Å². The minimum atomic E-state index is -3.83. The summed E-state index contributed by atoms with van der Waals surface area (Å²) in [4.78, 5) is 9.53. The van der Waals surface area contributed by atoms with E-state index in [4.69, 9.17) is 19.3 Å². The molecule has 0 aromatic heterocycles. The lowest BCUT2D eigenvalue weighted by atomic mass is 10.3. The summed E-state index contributed by atoms with van der Waals surface area (Å²) in [6, 6.07) is 6.40. The van der Waals surface area contributed by atoms with Crippen LogP contribution in [0.2, 0.25) is 0 Å². The first kappa shape index (κ1) is 12.7. The van der Waals surface area contributed by atoms with Gasteiger partial charge in [-0.15, -0.1) is 0 Å². The highest BCUT2D eigenvalue weighted by molar-refractivity contribution is 7.53. The Morgan fingerprint density at radius 2 is 2.28 bits per heavy atom. The van der Waals surface area contributed by atoms with Crippen LogP contribution in [-0.2, 0) is 4.57 Å². The Bertz CT molecular complexity index is 527. The molecule has 0 amide bonds. The molecule has 96 valence electrons. The van der Waals surface area contributed by atoms with Crippen LogP contribution in [-0.4, -0.2) is 24.5 Å². The maximum Gasteiger partial charge on any atom is 0.390 e. The van der Waals surface area contributed by atoms with Crippen LogP contribution in [0.15, 0.2) is 18.2 Å². The molecule has 1 aromatic carbocycles. The molecule has 1 aromatic rings. The van der Waals surface area contributed by atoms with E-state index in [9.17, 15) is 9.46 Å². The first-order chi connectivity index (χ1) is 8.61. The number of hydrogen-bond donors (Lipinski definition) is 2. The fourth-order valence-electron chi connectivity index (χ4n) is 1.38. The summed E-state index contributed by atoms with van der Waals surface area (Å²) >= 11 is 0. The van der Waals surface area contributed by atoms with Crippen LogP contribution in [0, 0.1) is 11.3 Å². The van der Waals surface area contributed by atoms with Gasteiger partial charge in [-0.2, -0.15) is 5.26 Å². The number of hydrogen-bond acceptors (Lipinski definition) is 6. The van der Waals surface area contributed by atoms with E-state index in [1.165, 1.54) is 12.1 Å². The lowest BCUT2D eigenvalue weighted by Gasteiger charge is -2.13. The summed E-state index contributed by atoms with van der Waals surface area (Å²) in [5.41, 5.74) is 0. The Kier molecular flexibility index (Phi) is 3.72. The summed E-state index contributed by atoms with van der Waals surface area (Å²) < 4.78 is 26.9. The Morgan fingerprint density at radius 3 is 3.06 bits per heavy atom. The monoisotopic (exact) mass is 270 g/mol. The van der Waals surface area contributed by atoms with E-state index in [-0.39, 0.29) is 25.4 Å². The van der Waals surface area contributed by atoms with Crippen molar-refractivity contribution in [2.24, 2.45) is 0 Å². The van der Waals surface area contributed by atoms with Crippen LogP contribution in [0.1, 0.15) is 0 Å². The van der Waals surface area contributed by atoms with Gasteiger partial charge >= 0.3 is 7.60 Å². The smallest absolute Gasteiger partial charge is 0.390 e. The van der Waals surface area contributed by atoms with E-state index in [2.05, 4.69) is 5.32 Å². The van der Waals surface area contributed by atoms with Gasteiger partial charge in [-0.1, -0.05) is 0 Å². The third-order valence-corrected chi connectivity index (χ3v) is 3.23. The van der Waals surface area contributed by atoms with Gasteiger partial charge in [-0.3, -0.25) is 5.32 Å². The highest BCUT2D eigenvalue weighted by Crippen LogP contribution is 2.44. The molecule has 1 unspecified atom stereocenters. The van der Waals surface area contributed by atoms with E-state index in [1.54, 1.807) is 12.1 Å². The maximum atomic E-state index is 11.6. The van der Waals surface area contributed by atoms with Crippen LogP contribution in [0.3, 0.4) is 0 Å². The third kappa shape index (κ3) is 3.14. The van der Waals surface area contributed by atoms with Crippen molar-refractivity contribution in [3.05, 3.63) is 18.2 Å². The molecule has 0 saturated heterocycles. The summed E-state index contributed by atoms with van der Waals surface area (Å²) in [5.74, 6) is 1.25. The average molecular weight is 270 g/mol. The fourth-order valence-corrected chi connectivity index (χ4v) is 2.29. The molecule has 2 N–H and O–H groups in total. The zero-order chi connectivity index (χ0) is 13.0. The summed E-state index contributed by atoms with van der Waals surface area (Å²) in [6.45, 7) is 0.106. The minimum Gasteiger partial charge on any atom is -0.454 e. The molecular formula is C10H11N2O5P. The molecule has 1 atom stereocenters. The SMILES string of the molecule is N#CCNCP(=O)(O)Oc1ccc2c(c1)OCO2. The molecule has 18 heavy (non-hydrogen) atoms. The van der Waals surface area contributed by atoms with Crippen molar-refractivity contribution in [1.29, 1.82) is 5.26 Å². The van der Waals surface area contributed by atoms with Crippen molar-refractivity contribution in [2.75, 3.05) is 19.6 Å². The van der Waals surface area contributed by atoms with E-state index < -0.39 is 7.60 Å². The lowest BCUT2D eigenvalue weighted by molar-refractivity contribution is 0.174. The van der Waals surface area contributed by atoms with Crippen LogP contribution in [0.25, 0.3) is 0 Å². The average Bonchev–Trinajstić information content (AvgIpc) is 2.75. The number of nitrogens with zero attached hydrogens (tertiary/aromatic N) is 1. The Hall–Kier alpha value is -1.74. The largest absolute Gasteiger partial charge is 0.454 e. The van der Waals surface area contributed by atoms with Gasteiger partial charge in [0.25, 0.3) is 0 Å². The molecule has 8 heteroatoms. The summed E-state index contributed by atoms with van der Waals surface area (Å²) in [7, 11) is -3.83. The molecule has 7 nitrogen and oxygen atoms in total. The predicted octanol–water partition coefficient (Wildman–Crippen LogP) is 1.05. The number of nitriles is 1. The Labute approximate surface area is 103 Å². The van der Waals surface area contributed by atoms with Crippen molar-refractivity contribution >= 4 is 7.60 Å². The van der Waals surface area contributed by atoms with Gasteiger partial charge < -0.3 is 18.9 Å². The second-order valence-corrected chi connectivity index (χ2v) is 5.26. The van der Waals surface area contributed by atoms with Gasteiger partial charge in [0.2, 0.25) is 6.79 Å². The van der Waals surface area contributed by atoms with Gasteiger partial charge in [0.05, 0.1) is 12.6 Å². The van der Waals surface area contributed by atoms with Crippen molar-refractivity contribution in [3.8, 4) is 23.3 Å². The molecule has 1 aliphatic rings. The molecule has 0 saturated carbocycles. The second-order valence-electron chi connectivity index (χ2n) is 3.49. The van der Waals surface area contributed by atoms with Crippen LogP contribution in [0.5, 0.6) is 17.2 Å². The molecule has 0 spiro atoms. The quantitative estimate of drug-likeness (QED) is 0.468. The molecule has 0 radical (unpaired) electrons. The highest BCUT2D eigenvalue weighted by atomic mass is 31.2. The number of fused-ring (bicyclic) bond motifs is 1. The first-order valence-electron chi connectivity index (χ1n) is 5.09. The zero-order valence-corrected chi connectivity index (χ0v) is 10.2. The van der Waals surface area contributed by atoms with Gasteiger partial charge in [-0.25, -0.2) is 4.57 Å². The fraction of sp³-hybridized carbons (Fsp3) is 0.300. The molecule has 0 bridgehead atoms. The van der Waals surface area contributed by atoms with Crippen molar-refractivity contribution in [1.82, 2.24) is 5.32 Å². The number of ether oxygens (including phenoxy) is 2. The molecular weight excluding hydrogens is 259 g/mol. The van der Waals surface area contributed by atoms with Crippen molar-refractivity contribution in [2.45, 2.75) is 0 Å². The normalized spacial score (nSPS) is 15.8. The molecule has 1 aliphatic heterocycles. The minimum absolute atomic E-state index is 0.0188. The number of rotatable bonds is 5. The molecule has 0 fully saturated rings. The van der Waals surface area contributed by atoms with Gasteiger partial charge in [0, 0.05) is 6.07 Å². The van der Waals surface area contributed by atoms with E-state index >= 15 is 0 Å². The molecule has 1 heterocycles. The topological polar surface area (TPSA) is 101 Å². The number of benzene rings is 1. The van der Waals surface area contributed by atoms with E-state index in [0.717, 1.165) is 0 Å². The Morgan fingerprint density at radius 1 is 1.50 bits per heavy atom. The van der Waals surface area contributed by atoms with Gasteiger partial charge in [0.15, 0.2) is 11.5 Å². The first-order valence-corrected chi connectivity index (χ1v) is 6.86. The van der Waals surface area contributed by atoms with Crippen molar-refractivity contribution in [3.63, 3.8) is 0 Å². The lowest BCUT2D eigenvalue weighted by Crippen LogP contribution is -2.17. The van der Waals surface area contributed by atoms with E-state index in [1.807, 2.05) is 0 Å². The predicted molar refractivity (Wildman–Crippen MR) is 61.5 cm³/mol. The van der Waals surface area contributed by atoms with E-state index in [0.29, 0.717) is 11.5 Å². The molecule has 2 rings (SSSR count). The van der Waals surface area contributed by atoms with Crippen LogP contribution in [0.4, 0.5) is 0 Å². The summed E-state index contributed by atoms with van der Waals surface area (Å²) in [5, 5.41) is 10.8. The standard InChI is InChI=1S/C10H11N2O5P/c11-3-4-12-6-18(13,14)17-8-1-2-9-10(5-8)16-7-15-9/h1-2,5,12H,4,6-7H2,(H,13,14). The van der Waals surface area contributed by atoms with Gasteiger partial charge in [-0.05, 0) is 12.1 Å². The zero-order valence-electron chi connectivity index (χ0n) is 9.33. The third-order valence-electron chi connectivity index (χ3n) is 2.11. The van der Waals surface area contributed by atoms with Gasteiger partial charge in [0.1, 0.15) is 12.0 Å². The Balaban J connectivity index is 2.00. The highest BCUT2D eigenvalue weighted by Gasteiger charge is 2.22.